The molecule has 0 unspecified atom stereocenters. The van der Waals surface area contributed by atoms with E-state index in [-0.39, 0.29) is 0 Å². The third-order valence-electron chi connectivity index (χ3n) is 4.66. The largest absolute Gasteiger partial charge is 0.0874 e. The molecule has 0 atom stereocenters. The zero-order chi connectivity index (χ0) is 14.5. The van der Waals surface area contributed by atoms with Crippen LogP contribution >= 0.6 is 23.5 Å². The molecular weight excluding hydrogens is 304 g/mol. The van der Waals surface area contributed by atoms with Crippen molar-refractivity contribution in [2.24, 2.45) is 0 Å². The van der Waals surface area contributed by atoms with Crippen molar-refractivity contribution in [3.63, 3.8) is 0 Å². The van der Waals surface area contributed by atoms with E-state index >= 15 is 0 Å². The highest BCUT2D eigenvalue weighted by Crippen LogP contribution is 2.54. The number of fused-ring (bicyclic) bond motifs is 7. The predicted molar refractivity (Wildman–Crippen MR) is 95.8 cm³/mol. The van der Waals surface area contributed by atoms with Crippen LogP contribution < -0.4 is 0 Å². The van der Waals surface area contributed by atoms with Gasteiger partial charge in [-0.25, -0.2) is 0 Å². The summed E-state index contributed by atoms with van der Waals surface area (Å²) in [7, 11) is 0. The molecular formula is C20H16S2. The highest BCUT2D eigenvalue weighted by Gasteiger charge is 2.28. The van der Waals surface area contributed by atoms with Crippen molar-refractivity contribution in [3.8, 4) is 0 Å². The van der Waals surface area contributed by atoms with Crippen LogP contribution in [0.25, 0.3) is 12.2 Å². The van der Waals surface area contributed by atoms with Crippen molar-refractivity contribution < 1.29 is 0 Å². The monoisotopic (exact) mass is 320 g/mol. The first-order chi connectivity index (χ1) is 10.9. The Labute approximate surface area is 139 Å². The molecule has 22 heavy (non-hydrogen) atoms. The summed E-state index contributed by atoms with van der Waals surface area (Å²) in [6.07, 6.45) is 14.1. The molecule has 0 nitrogen and oxygen atoms in total. The second kappa shape index (κ2) is 5.07. The van der Waals surface area contributed by atoms with Gasteiger partial charge in [-0.3, -0.25) is 0 Å². The van der Waals surface area contributed by atoms with E-state index in [0.29, 0.717) is 0 Å². The fourth-order valence-electron chi connectivity index (χ4n) is 3.63. The standard InChI is InChI=1S/C20H16S2/c1-3-9-15-13(7-1)14-8-2-4-10-16(14)20-19(15)21-17-11-5-6-12-18(17)22-20/h1-2,5-8,11-12H,3-4,9-10H2. The molecule has 0 saturated heterocycles. The molecule has 2 aromatic carbocycles. The summed E-state index contributed by atoms with van der Waals surface area (Å²) >= 11 is 3.98. The maximum absolute atomic E-state index is 2.36. The van der Waals surface area contributed by atoms with Gasteiger partial charge in [0.2, 0.25) is 0 Å². The Balaban J connectivity index is 1.81. The minimum atomic E-state index is 1.18. The summed E-state index contributed by atoms with van der Waals surface area (Å²) in [6.45, 7) is 0. The molecule has 0 amide bonds. The van der Waals surface area contributed by atoms with E-state index in [0.717, 1.165) is 0 Å². The Morgan fingerprint density at radius 3 is 1.68 bits per heavy atom. The summed E-state index contributed by atoms with van der Waals surface area (Å²) < 4.78 is 0. The van der Waals surface area contributed by atoms with Crippen LogP contribution in [0, 0.1) is 0 Å². The highest BCUT2D eigenvalue weighted by molar-refractivity contribution is 8.05. The fourth-order valence-corrected chi connectivity index (χ4v) is 6.31. The lowest BCUT2D eigenvalue weighted by atomic mass is 9.86. The number of rotatable bonds is 0. The lowest BCUT2D eigenvalue weighted by Crippen LogP contribution is -2.09. The van der Waals surface area contributed by atoms with Gasteiger partial charge in [-0.2, -0.15) is 0 Å². The average molecular weight is 320 g/mol. The Morgan fingerprint density at radius 1 is 0.682 bits per heavy atom. The Bertz CT molecular complexity index is 773. The van der Waals surface area contributed by atoms with Crippen LogP contribution in [0.2, 0.25) is 0 Å². The summed E-state index contributed by atoms with van der Waals surface area (Å²) in [4.78, 5) is 5.92. The lowest BCUT2D eigenvalue weighted by molar-refractivity contribution is 0.875. The number of hydrogen-bond donors (Lipinski definition) is 0. The molecule has 0 fully saturated rings. The molecule has 2 heteroatoms. The van der Waals surface area contributed by atoms with E-state index in [1.54, 1.807) is 11.1 Å². The van der Waals surface area contributed by atoms with Crippen molar-refractivity contribution in [1.82, 2.24) is 0 Å². The smallest absolute Gasteiger partial charge is 0.0303 e. The average Bonchev–Trinajstić information content (AvgIpc) is 2.61. The topological polar surface area (TPSA) is 0 Å². The summed E-state index contributed by atoms with van der Waals surface area (Å²) in [5, 5.41) is 0. The molecule has 2 aliphatic carbocycles. The van der Waals surface area contributed by atoms with E-state index in [4.69, 9.17) is 0 Å². The molecule has 0 N–H and O–H groups in total. The molecule has 5 rings (SSSR count). The van der Waals surface area contributed by atoms with Crippen molar-refractivity contribution >= 4 is 35.7 Å². The van der Waals surface area contributed by atoms with Crippen molar-refractivity contribution in [2.45, 2.75) is 45.3 Å². The van der Waals surface area contributed by atoms with Gasteiger partial charge in [0.1, 0.15) is 0 Å². The SMILES string of the molecule is C1=Cc2c3c(c4c(c2CC1)Sc1ccccc1S4)CCC=C3. The first kappa shape index (κ1) is 13.1. The molecule has 108 valence electrons. The maximum atomic E-state index is 2.36. The van der Waals surface area contributed by atoms with Gasteiger partial charge in [-0.1, -0.05) is 60.0 Å². The van der Waals surface area contributed by atoms with E-state index in [2.05, 4.69) is 48.6 Å². The molecule has 0 aromatic heterocycles. The zero-order valence-electron chi connectivity index (χ0n) is 12.3. The van der Waals surface area contributed by atoms with Crippen LogP contribution in [0.4, 0.5) is 0 Å². The lowest BCUT2D eigenvalue weighted by Gasteiger charge is -2.29. The summed E-state index contributed by atoms with van der Waals surface area (Å²) in [5.41, 5.74) is 6.14. The minimum Gasteiger partial charge on any atom is -0.0874 e. The minimum absolute atomic E-state index is 1.18. The third-order valence-corrected chi connectivity index (χ3v) is 7.38. The summed E-state index contributed by atoms with van der Waals surface area (Å²) in [6, 6.07) is 8.84. The molecule has 0 bridgehead atoms. The Kier molecular flexibility index (Phi) is 3.02. The van der Waals surface area contributed by atoms with Crippen molar-refractivity contribution in [1.29, 1.82) is 0 Å². The first-order valence-electron chi connectivity index (χ1n) is 7.91. The van der Waals surface area contributed by atoms with Crippen LogP contribution in [0.5, 0.6) is 0 Å². The van der Waals surface area contributed by atoms with Gasteiger partial charge in [-0.15, -0.1) is 0 Å². The van der Waals surface area contributed by atoms with Gasteiger partial charge in [0.25, 0.3) is 0 Å². The van der Waals surface area contributed by atoms with E-state index in [1.165, 1.54) is 56.4 Å². The van der Waals surface area contributed by atoms with Crippen LogP contribution in [-0.4, -0.2) is 0 Å². The second-order valence-corrected chi connectivity index (χ2v) is 8.08. The number of benzene rings is 2. The number of allylic oxidation sites excluding steroid dienone is 2. The van der Waals surface area contributed by atoms with Crippen LogP contribution in [-0.2, 0) is 12.8 Å². The normalized spacial score (nSPS) is 17.5. The number of hydrogen-bond acceptors (Lipinski definition) is 2. The second-order valence-electron chi connectivity index (χ2n) is 5.98. The predicted octanol–water partition coefficient (Wildman–Crippen LogP) is 6.22. The molecule has 2 aromatic rings. The third kappa shape index (κ3) is 1.87. The molecule has 0 spiro atoms. The van der Waals surface area contributed by atoms with E-state index in [9.17, 15) is 0 Å². The van der Waals surface area contributed by atoms with Crippen LogP contribution in [0.1, 0.15) is 35.1 Å². The van der Waals surface area contributed by atoms with Gasteiger partial charge in [0, 0.05) is 19.6 Å². The van der Waals surface area contributed by atoms with Gasteiger partial charge in [0.15, 0.2) is 0 Å². The maximum Gasteiger partial charge on any atom is 0.0303 e. The van der Waals surface area contributed by atoms with Gasteiger partial charge in [-0.05, 0) is 60.1 Å². The first-order valence-corrected chi connectivity index (χ1v) is 9.54. The Hall–Kier alpha value is -1.38. The van der Waals surface area contributed by atoms with E-state index in [1.807, 2.05) is 23.5 Å². The van der Waals surface area contributed by atoms with E-state index < -0.39 is 0 Å². The highest BCUT2D eigenvalue weighted by atomic mass is 32.2. The fraction of sp³-hybridized carbons (Fsp3) is 0.200. The molecule has 3 aliphatic rings. The van der Waals surface area contributed by atoms with Gasteiger partial charge in [0.05, 0.1) is 0 Å². The molecule has 1 aliphatic heterocycles. The van der Waals surface area contributed by atoms with Gasteiger partial charge < -0.3 is 0 Å². The Morgan fingerprint density at radius 2 is 1.18 bits per heavy atom. The molecule has 0 saturated carbocycles. The molecule has 1 heterocycles. The zero-order valence-corrected chi connectivity index (χ0v) is 13.9. The summed E-state index contributed by atoms with van der Waals surface area (Å²) in [5.74, 6) is 0. The quantitative estimate of drug-likeness (QED) is 0.482. The molecule has 0 radical (unpaired) electrons. The van der Waals surface area contributed by atoms with Gasteiger partial charge >= 0.3 is 0 Å². The van der Waals surface area contributed by atoms with Crippen molar-refractivity contribution in [2.75, 3.05) is 0 Å². The van der Waals surface area contributed by atoms with Crippen molar-refractivity contribution in [3.05, 3.63) is 58.7 Å². The van der Waals surface area contributed by atoms with Crippen LogP contribution in [0.3, 0.4) is 0 Å². The van der Waals surface area contributed by atoms with Crippen LogP contribution in [0.15, 0.2) is 56.0 Å².